The summed E-state index contributed by atoms with van der Waals surface area (Å²) in [6, 6.07) is 8.31. The second-order valence-corrected chi connectivity index (χ2v) is 12.8. The fourth-order valence-corrected chi connectivity index (χ4v) is 7.78. The Bertz CT molecular complexity index is 1180. The van der Waals surface area contributed by atoms with Crippen LogP contribution in [0.1, 0.15) is 38.8 Å². The average molecular weight is 495 g/mol. The molecular weight excluding hydrogens is 460 g/mol. The zero-order valence-electron chi connectivity index (χ0n) is 20.2. The van der Waals surface area contributed by atoms with Crippen molar-refractivity contribution in [2.75, 3.05) is 31.1 Å². The Morgan fingerprint density at radius 1 is 0.879 bits per heavy atom. The minimum Gasteiger partial charge on any atom is -0.354 e. The average Bonchev–Trinajstić information content (AvgIpc) is 2.73. The molecule has 0 spiro atoms. The van der Waals surface area contributed by atoms with Crippen molar-refractivity contribution in [3.8, 4) is 0 Å². The number of nitrogens with zero attached hydrogens (tertiary/aromatic N) is 4. The minimum absolute atomic E-state index is 0.157. The fraction of sp³-hybridized carbons (Fsp3) is 0.522. The number of hydrogen-bond acceptors (Lipinski definition) is 6. The number of rotatable bonds is 7. The quantitative estimate of drug-likeness (QED) is 0.588. The monoisotopic (exact) mass is 494 g/mol. The van der Waals surface area contributed by atoms with Gasteiger partial charge in [-0.15, -0.1) is 0 Å². The predicted octanol–water partition coefficient (Wildman–Crippen LogP) is 3.02. The Morgan fingerprint density at radius 3 is 1.97 bits per heavy atom. The molecule has 1 saturated heterocycles. The predicted molar refractivity (Wildman–Crippen MR) is 130 cm³/mol. The van der Waals surface area contributed by atoms with Gasteiger partial charge in [-0.05, 0) is 65.3 Å². The minimum atomic E-state index is -3.65. The van der Waals surface area contributed by atoms with Crippen LogP contribution in [0.25, 0.3) is 0 Å². The third-order valence-corrected chi connectivity index (χ3v) is 10.1. The standard InChI is InChI=1S/C23H34N4O4S2/c1-17(2)27(18(3)4)32(28,29)21-8-10-23(24-16-21)25-11-13-26(14-12-25)33(30,31)22-9-7-19(5)15-20(22)6/h7-10,15-18H,11-14H2,1-6H3. The summed E-state index contributed by atoms with van der Waals surface area (Å²) in [5.74, 6) is 0.637. The van der Waals surface area contributed by atoms with Crippen molar-refractivity contribution in [1.29, 1.82) is 0 Å². The van der Waals surface area contributed by atoms with Gasteiger partial charge in [0.1, 0.15) is 10.7 Å². The van der Waals surface area contributed by atoms with Crippen LogP contribution in [0, 0.1) is 13.8 Å². The number of aromatic nitrogens is 1. The lowest BCUT2D eigenvalue weighted by molar-refractivity contribution is 0.302. The van der Waals surface area contributed by atoms with Gasteiger partial charge in [0.05, 0.1) is 4.90 Å². The zero-order chi connectivity index (χ0) is 24.6. The lowest BCUT2D eigenvalue weighted by Gasteiger charge is -2.35. The molecule has 1 aliphatic heterocycles. The number of aryl methyl sites for hydroxylation is 2. The SMILES string of the molecule is Cc1ccc(S(=O)(=O)N2CCN(c3ccc(S(=O)(=O)N(C(C)C)C(C)C)cn3)CC2)c(C)c1. The molecule has 8 nitrogen and oxygen atoms in total. The molecule has 10 heteroatoms. The second-order valence-electron chi connectivity index (χ2n) is 9.03. The molecule has 33 heavy (non-hydrogen) atoms. The first-order valence-electron chi connectivity index (χ1n) is 11.2. The molecule has 1 fully saturated rings. The fourth-order valence-electron chi connectivity index (χ4n) is 4.37. The molecule has 0 unspecified atom stereocenters. The van der Waals surface area contributed by atoms with Crippen molar-refractivity contribution in [3.05, 3.63) is 47.7 Å². The van der Waals surface area contributed by atoms with Gasteiger partial charge in [0.25, 0.3) is 0 Å². The van der Waals surface area contributed by atoms with Gasteiger partial charge in [0, 0.05) is 44.5 Å². The van der Waals surface area contributed by atoms with E-state index in [1.54, 1.807) is 18.2 Å². The van der Waals surface area contributed by atoms with Gasteiger partial charge >= 0.3 is 0 Å². The van der Waals surface area contributed by atoms with E-state index in [4.69, 9.17) is 0 Å². The molecule has 1 aliphatic rings. The van der Waals surface area contributed by atoms with Gasteiger partial charge in [-0.3, -0.25) is 0 Å². The molecule has 0 N–H and O–H groups in total. The zero-order valence-corrected chi connectivity index (χ0v) is 21.8. The first-order valence-corrected chi connectivity index (χ1v) is 14.1. The van der Waals surface area contributed by atoms with Crippen molar-refractivity contribution in [2.45, 2.75) is 63.4 Å². The van der Waals surface area contributed by atoms with E-state index in [1.165, 1.54) is 14.8 Å². The highest BCUT2D eigenvalue weighted by molar-refractivity contribution is 7.89. The third-order valence-electron chi connectivity index (χ3n) is 5.82. The van der Waals surface area contributed by atoms with E-state index in [-0.39, 0.29) is 17.0 Å². The Hall–Kier alpha value is -2.01. The number of anilines is 1. The van der Waals surface area contributed by atoms with Crippen LogP contribution < -0.4 is 4.90 Å². The van der Waals surface area contributed by atoms with E-state index in [1.807, 2.05) is 58.6 Å². The number of hydrogen-bond donors (Lipinski definition) is 0. The van der Waals surface area contributed by atoms with E-state index in [2.05, 4.69) is 4.98 Å². The summed E-state index contributed by atoms with van der Waals surface area (Å²) in [5.41, 5.74) is 1.77. The maximum Gasteiger partial charge on any atom is 0.245 e. The van der Waals surface area contributed by atoms with Crippen molar-refractivity contribution in [3.63, 3.8) is 0 Å². The molecule has 3 rings (SSSR count). The molecule has 0 atom stereocenters. The second kappa shape index (κ2) is 9.69. The summed E-state index contributed by atoms with van der Waals surface area (Å²) in [7, 11) is -7.21. The van der Waals surface area contributed by atoms with Gasteiger partial charge in [-0.25, -0.2) is 21.8 Å². The molecule has 1 aromatic carbocycles. The maximum atomic E-state index is 13.1. The Balaban J connectivity index is 1.73. The Kier molecular flexibility index (Phi) is 7.52. The van der Waals surface area contributed by atoms with Crippen LogP contribution in [-0.4, -0.2) is 68.7 Å². The molecule has 182 valence electrons. The van der Waals surface area contributed by atoms with Crippen LogP contribution in [0.15, 0.2) is 46.3 Å². The molecule has 0 bridgehead atoms. The lowest BCUT2D eigenvalue weighted by Crippen LogP contribution is -2.49. The van der Waals surface area contributed by atoms with Gasteiger partial charge in [0.15, 0.2) is 0 Å². The van der Waals surface area contributed by atoms with E-state index < -0.39 is 20.0 Å². The summed E-state index contributed by atoms with van der Waals surface area (Å²) in [6.07, 6.45) is 1.39. The first-order chi connectivity index (χ1) is 15.4. The lowest BCUT2D eigenvalue weighted by atomic mass is 10.2. The Morgan fingerprint density at radius 2 is 1.48 bits per heavy atom. The highest BCUT2D eigenvalue weighted by Gasteiger charge is 2.32. The summed E-state index contributed by atoms with van der Waals surface area (Å²) < 4.78 is 55.3. The summed E-state index contributed by atoms with van der Waals surface area (Å²) in [6.45, 7) is 12.8. The third kappa shape index (κ3) is 5.24. The highest BCUT2D eigenvalue weighted by Crippen LogP contribution is 2.25. The van der Waals surface area contributed by atoms with Crippen LogP contribution in [0.5, 0.6) is 0 Å². The van der Waals surface area contributed by atoms with Gasteiger partial charge in [-0.1, -0.05) is 17.7 Å². The van der Waals surface area contributed by atoms with E-state index >= 15 is 0 Å². The van der Waals surface area contributed by atoms with Crippen LogP contribution in [0.4, 0.5) is 5.82 Å². The van der Waals surface area contributed by atoms with Crippen molar-refractivity contribution in [2.24, 2.45) is 0 Å². The van der Waals surface area contributed by atoms with Gasteiger partial charge < -0.3 is 4.90 Å². The summed E-state index contributed by atoms with van der Waals surface area (Å²) in [4.78, 5) is 6.87. The number of piperazine rings is 1. The first kappa shape index (κ1) is 25.6. The highest BCUT2D eigenvalue weighted by atomic mass is 32.2. The van der Waals surface area contributed by atoms with Crippen LogP contribution in [-0.2, 0) is 20.0 Å². The van der Waals surface area contributed by atoms with Crippen molar-refractivity contribution < 1.29 is 16.8 Å². The normalized spacial score (nSPS) is 16.2. The molecule has 0 radical (unpaired) electrons. The number of benzene rings is 1. The molecule has 2 aromatic rings. The molecule has 2 heterocycles. The van der Waals surface area contributed by atoms with Crippen molar-refractivity contribution in [1.82, 2.24) is 13.6 Å². The largest absolute Gasteiger partial charge is 0.354 e. The molecule has 0 amide bonds. The van der Waals surface area contributed by atoms with Crippen LogP contribution in [0.3, 0.4) is 0 Å². The summed E-state index contributed by atoms with van der Waals surface area (Å²) >= 11 is 0. The summed E-state index contributed by atoms with van der Waals surface area (Å²) in [5, 5.41) is 0. The molecule has 0 aliphatic carbocycles. The smallest absolute Gasteiger partial charge is 0.245 e. The van der Waals surface area contributed by atoms with Crippen LogP contribution in [0.2, 0.25) is 0 Å². The van der Waals surface area contributed by atoms with Gasteiger partial charge in [0.2, 0.25) is 20.0 Å². The molecular formula is C23H34N4O4S2. The van der Waals surface area contributed by atoms with Crippen LogP contribution >= 0.6 is 0 Å². The molecule has 1 aromatic heterocycles. The van der Waals surface area contributed by atoms with E-state index in [9.17, 15) is 16.8 Å². The Labute approximate surface area is 198 Å². The number of pyridine rings is 1. The van der Waals surface area contributed by atoms with E-state index in [0.29, 0.717) is 36.9 Å². The maximum absolute atomic E-state index is 13.1. The number of sulfonamides is 2. The topological polar surface area (TPSA) is 90.9 Å². The van der Waals surface area contributed by atoms with Crippen molar-refractivity contribution >= 4 is 25.9 Å². The molecule has 0 saturated carbocycles. The van der Waals surface area contributed by atoms with E-state index in [0.717, 1.165) is 11.1 Å². The van der Waals surface area contributed by atoms with Gasteiger partial charge in [-0.2, -0.15) is 8.61 Å².